The van der Waals surface area contributed by atoms with Gasteiger partial charge >= 0.3 is 14.4 Å². The number of hydrogen-bond acceptors (Lipinski definition) is 5. The van der Waals surface area contributed by atoms with Crippen LogP contribution in [0.1, 0.15) is 36.8 Å². The van der Waals surface area contributed by atoms with Crippen LogP contribution in [0.2, 0.25) is 0 Å². The molecule has 1 atom stereocenters. The highest BCUT2D eigenvalue weighted by atomic mass is 31.1. The molecule has 2 N–H and O–H groups in total. The standard InChI is InChI=1S/C25H29F3NO5P/c26-24-13-12-23(33-24)21-17-20(18-29-15-14-25(27,28)34-35(30)31)10-11-22(21)32-16-6-2-5-9-19-7-3-1-4-8-19/h1,3-4,7-8,10-13,17,29,35H,2,5-6,9,14-16,18H2,(H,30,31). The van der Waals surface area contributed by atoms with E-state index in [1.54, 1.807) is 18.2 Å². The van der Waals surface area contributed by atoms with Crippen molar-refractivity contribution in [2.45, 2.75) is 44.8 Å². The van der Waals surface area contributed by atoms with Crippen LogP contribution in [0, 0.1) is 6.01 Å². The van der Waals surface area contributed by atoms with Gasteiger partial charge in [-0.1, -0.05) is 36.4 Å². The van der Waals surface area contributed by atoms with Crippen molar-refractivity contribution in [3.8, 4) is 17.1 Å². The van der Waals surface area contributed by atoms with Crippen LogP contribution < -0.4 is 10.1 Å². The van der Waals surface area contributed by atoms with Crippen molar-refractivity contribution in [2.24, 2.45) is 0 Å². The van der Waals surface area contributed by atoms with E-state index in [-0.39, 0.29) is 13.1 Å². The predicted octanol–water partition coefficient (Wildman–Crippen LogP) is 6.35. The highest BCUT2D eigenvalue weighted by Crippen LogP contribution is 2.33. The van der Waals surface area contributed by atoms with Crippen molar-refractivity contribution in [1.29, 1.82) is 0 Å². The lowest BCUT2D eigenvalue weighted by Crippen LogP contribution is -2.25. The number of unbranched alkanes of at least 4 members (excludes halogenated alkanes) is 2. The molecule has 190 valence electrons. The molecule has 3 rings (SSSR count). The summed E-state index contributed by atoms with van der Waals surface area (Å²) in [6.45, 7) is 0.583. The molecule has 1 unspecified atom stereocenters. The van der Waals surface area contributed by atoms with Gasteiger partial charge in [-0.25, -0.2) is 4.52 Å². The fourth-order valence-corrected chi connectivity index (χ4v) is 3.90. The predicted molar refractivity (Wildman–Crippen MR) is 127 cm³/mol. The Morgan fingerprint density at radius 2 is 1.80 bits per heavy atom. The van der Waals surface area contributed by atoms with Gasteiger partial charge in [-0.2, -0.15) is 13.2 Å². The molecule has 0 fully saturated rings. The Morgan fingerprint density at radius 1 is 1.00 bits per heavy atom. The number of hydrogen-bond donors (Lipinski definition) is 2. The van der Waals surface area contributed by atoms with Crippen molar-refractivity contribution in [3.05, 3.63) is 77.8 Å². The second kappa shape index (κ2) is 13.5. The Hall–Kier alpha value is -2.58. The van der Waals surface area contributed by atoms with Crippen LogP contribution >= 0.6 is 8.25 Å². The van der Waals surface area contributed by atoms with Crippen LogP contribution in [0.3, 0.4) is 0 Å². The maximum Gasteiger partial charge on any atom is 0.363 e. The zero-order chi connectivity index (χ0) is 25.1. The molecule has 2 aromatic carbocycles. The van der Waals surface area contributed by atoms with E-state index in [0.717, 1.165) is 31.2 Å². The van der Waals surface area contributed by atoms with Crippen molar-refractivity contribution >= 4 is 8.25 Å². The van der Waals surface area contributed by atoms with Gasteiger partial charge < -0.3 is 19.4 Å². The first-order chi connectivity index (χ1) is 16.8. The van der Waals surface area contributed by atoms with Gasteiger partial charge in [-0.15, -0.1) is 0 Å². The first-order valence-electron chi connectivity index (χ1n) is 11.4. The van der Waals surface area contributed by atoms with E-state index in [0.29, 0.717) is 23.7 Å². The zero-order valence-corrected chi connectivity index (χ0v) is 20.1. The molecule has 0 aliphatic carbocycles. The molecule has 0 spiro atoms. The van der Waals surface area contributed by atoms with Gasteiger partial charge in [0.05, 0.1) is 18.6 Å². The van der Waals surface area contributed by atoms with Gasteiger partial charge in [0.2, 0.25) is 0 Å². The number of benzene rings is 2. The van der Waals surface area contributed by atoms with Gasteiger partial charge in [-0.3, -0.25) is 4.57 Å². The number of ether oxygens (including phenoxy) is 1. The van der Waals surface area contributed by atoms with E-state index in [1.165, 1.54) is 17.7 Å². The molecule has 0 saturated carbocycles. The van der Waals surface area contributed by atoms with Gasteiger partial charge in [0, 0.05) is 19.2 Å². The molecule has 1 aromatic heterocycles. The molecule has 0 bridgehead atoms. The topological polar surface area (TPSA) is 80.9 Å². The highest BCUT2D eigenvalue weighted by Gasteiger charge is 2.31. The molecule has 0 saturated heterocycles. The quantitative estimate of drug-likeness (QED) is 0.183. The molecule has 0 amide bonds. The lowest BCUT2D eigenvalue weighted by molar-refractivity contribution is -0.179. The summed E-state index contributed by atoms with van der Waals surface area (Å²) in [5.74, 6) is 0.843. The minimum atomic E-state index is -3.73. The number of rotatable bonds is 15. The van der Waals surface area contributed by atoms with Crippen LogP contribution in [0.4, 0.5) is 13.2 Å². The largest absolute Gasteiger partial charge is 0.493 e. The normalized spacial score (nSPS) is 12.6. The van der Waals surface area contributed by atoms with Gasteiger partial charge in [0.15, 0.2) is 0 Å². The lowest BCUT2D eigenvalue weighted by Gasteiger charge is -2.15. The number of aryl methyl sites for hydroxylation is 1. The Kier molecular flexibility index (Phi) is 10.4. The molecule has 35 heavy (non-hydrogen) atoms. The summed E-state index contributed by atoms with van der Waals surface area (Å²) in [6, 6.07) is 17.5. The second-order valence-electron chi connectivity index (χ2n) is 8.01. The van der Waals surface area contributed by atoms with Crippen LogP contribution in [-0.4, -0.2) is 24.2 Å². The Labute approximate surface area is 203 Å². The van der Waals surface area contributed by atoms with Crippen molar-refractivity contribution in [2.75, 3.05) is 13.2 Å². The van der Waals surface area contributed by atoms with E-state index in [1.807, 2.05) is 18.2 Å². The summed E-state index contributed by atoms with van der Waals surface area (Å²) in [5.41, 5.74) is 2.61. The van der Waals surface area contributed by atoms with Crippen LogP contribution in [0.5, 0.6) is 5.75 Å². The van der Waals surface area contributed by atoms with Crippen LogP contribution in [-0.2, 0) is 22.1 Å². The minimum absolute atomic E-state index is 0.145. The van der Waals surface area contributed by atoms with E-state index >= 15 is 0 Å². The van der Waals surface area contributed by atoms with Gasteiger partial charge in [0.25, 0.3) is 6.01 Å². The van der Waals surface area contributed by atoms with Crippen molar-refractivity contribution < 1.29 is 36.3 Å². The molecule has 0 aliphatic rings. The minimum Gasteiger partial charge on any atom is -0.493 e. The maximum absolute atomic E-state index is 13.5. The number of nitrogens with one attached hydrogen (secondary N) is 1. The van der Waals surface area contributed by atoms with E-state index in [9.17, 15) is 17.7 Å². The zero-order valence-electron chi connectivity index (χ0n) is 19.1. The summed E-state index contributed by atoms with van der Waals surface area (Å²) in [5, 5.41) is 2.84. The third-order valence-corrected chi connectivity index (χ3v) is 5.72. The average molecular weight is 511 g/mol. The van der Waals surface area contributed by atoms with Crippen LogP contribution in [0.25, 0.3) is 11.3 Å². The van der Waals surface area contributed by atoms with Crippen molar-refractivity contribution in [1.82, 2.24) is 5.32 Å². The van der Waals surface area contributed by atoms with E-state index < -0.39 is 26.8 Å². The molecular weight excluding hydrogens is 482 g/mol. The smallest absolute Gasteiger partial charge is 0.363 e. The Bertz CT molecular complexity index is 1080. The van der Waals surface area contributed by atoms with Gasteiger partial charge in [0.1, 0.15) is 11.5 Å². The highest BCUT2D eigenvalue weighted by molar-refractivity contribution is 7.32. The number of furan rings is 1. The fraction of sp³-hybridized carbons (Fsp3) is 0.360. The molecule has 0 radical (unpaired) electrons. The molecule has 1 heterocycles. The first-order valence-corrected chi connectivity index (χ1v) is 12.6. The monoisotopic (exact) mass is 511 g/mol. The Morgan fingerprint density at radius 3 is 2.51 bits per heavy atom. The third kappa shape index (κ3) is 9.53. The molecule has 0 aliphatic heterocycles. The maximum atomic E-state index is 13.5. The molecule has 3 aromatic rings. The Balaban J connectivity index is 1.52. The summed E-state index contributed by atoms with van der Waals surface area (Å²) in [4.78, 5) is 8.52. The van der Waals surface area contributed by atoms with E-state index in [4.69, 9.17) is 14.0 Å². The summed E-state index contributed by atoms with van der Waals surface area (Å²) < 4.78 is 65.5. The fourth-order valence-electron chi connectivity index (χ4n) is 3.54. The number of alkyl halides is 2. The first kappa shape index (κ1) is 27.0. The van der Waals surface area contributed by atoms with Crippen molar-refractivity contribution in [3.63, 3.8) is 0 Å². The molecular formula is C25H29F3NO5P. The van der Waals surface area contributed by atoms with E-state index in [2.05, 4.69) is 22.0 Å². The number of halogens is 3. The van der Waals surface area contributed by atoms with Crippen LogP contribution in [0.15, 0.2) is 65.1 Å². The third-order valence-electron chi connectivity index (χ3n) is 5.25. The molecule has 10 heteroatoms. The lowest BCUT2D eigenvalue weighted by atomic mass is 10.1. The molecule has 6 nitrogen and oxygen atoms in total. The summed E-state index contributed by atoms with van der Waals surface area (Å²) in [6.07, 6.45) is -0.525. The SMILES string of the molecule is O=[PH](O)OC(F)(F)CCNCc1ccc(OCCCCCc2ccccc2)c(-c2ccc(F)o2)c1. The second-order valence-corrected chi connectivity index (χ2v) is 8.75. The van der Waals surface area contributed by atoms with Gasteiger partial charge in [-0.05, 0) is 55.0 Å². The summed E-state index contributed by atoms with van der Waals surface area (Å²) >= 11 is 0. The average Bonchev–Trinajstić information content (AvgIpc) is 3.25. The summed E-state index contributed by atoms with van der Waals surface area (Å²) in [7, 11) is -3.73.